The summed E-state index contributed by atoms with van der Waals surface area (Å²) in [4.78, 5) is 56.3. The molecule has 4 atom stereocenters. The summed E-state index contributed by atoms with van der Waals surface area (Å²) in [6, 6.07) is 12.6. The number of amides is 3. The van der Waals surface area contributed by atoms with Gasteiger partial charge in [0.2, 0.25) is 17.7 Å². The molecule has 1 heterocycles. The van der Waals surface area contributed by atoms with Crippen molar-refractivity contribution in [1.29, 1.82) is 0 Å². The molecule has 1 aliphatic heterocycles. The van der Waals surface area contributed by atoms with E-state index in [0.717, 1.165) is 11.1 Å². The quantitative estimate of drug-likeness (QED) is 0.129. The van der Waals surface area contributed by atoms with Crippen LogP contribution in [-0.4, -0.2) is 64.5 Å². The maximum absolute atomic E-state index is 13.6. The number of guanidine groups is 1. The largest absolute Gasteiger partial charge is 0.508 e. The summed E-state index contributed by atoms with van der Waals surface area (Å²) in [6.45, 7) is 0.216. The van der Waals surface area contributed by atoms with Crippen molar-refractivity contribution in [3.63, 3.8) is 0 Å². The zero-order valence-corrected chi connectivity index (χ0v) is 23.5. The highest BCUT2D eigenvalue weighted by Crippen LogP contribution is 2.20. The standard InChI is InChI=1S/C30H40N6O6/c31-30(32)33-16-6-11-23-27(39)35-24(29(41)42)10-5-4-9-21(17-20-12-14-22(37)15-13-20)26(38)36-25(28(40)34-23)18-19-7-2-1-3-8-19/h1-3,7-8,12-15,21,23-25,37H,4-6,9-11,16-18H2,(H,34,40)(H,35,39)(H,36,38)(H,41,42)(H4,31,32,33). The molecule has 4 unspecified atom stereocenters. The van der Waals surface area contributed by atoms with Gasteiger partial charge < -0.3 is 37.6 Å². The lowest BCUT2D eigenvalue weighted by molar-refractivity contribution is -0.142. The molecule has 1 fully saturated rings. The van der Waals surface area contributed by atoms with Crippen LogP contribution in [0.25, 0.3) is 0 Å². The summed E-state index contributed by atoms with van der Waals surface area (Å²) in [5, 5.41) is 27.6. The molecule has 0 bridgehead atoms. The van der Waals surface area contributed by atoms with Gasteiger partial charge in [-0.2, -0.15) is 0 Å². The number of nitrogens with two attached hydrogens (primary N) is 2. The van der Waals surface area contributed by atoms with E-state index in [1.807, 2.05) is 30.3 Å². The molecule has 226 valence electrons. The number of phenolic OH excluding ortho intramolecular Hbond substituents is 1. The monoisotopic (exact) mass is 580 g/mol. The summed E-state index contributed by atoms with van der Waals surface area (Å²) in [5.74, 6) is -3.19. The van der Waals surface area contributed by atoms with E-state index in [0.29, 0.717) is 32.1 Å². The Morgan fingerprint density at radius 3 is 2.10 bits per heavy atom. The Hall–Kier alpha value is -4.61. The molecule has 0 radical (unpaired) electrons. The third-order valence-electron chi connectivity index (χ3n) is 7.19. The zero-order chi connectivity index (χ0) is 30.5. The molecule has 0 spiro atoms. The van der Waals surface area contributed by atoms with Crippen molar-refractivity contribution >= 4 is 29.7 Å². The first-order chi connectivity index (χ1) is 20.1. The van der Waals surface area contributed by atoms with Crippen molar-refractivity contribution in [1.82, 2.24) is 16.0 Å². The second kappa shape index (κ2) is 16.0. The molecule has 0 saturated carbocycles. The Morgan fingerprint density at radius 1 is 0.810 bits per heavy atom. The summed E-state index contributed by atoms with van der Waals surface area (Å²) in [5.41, 5.74) is 12.4. The van der Waals surface area contributed by atoms with E-state index in [1.54, 1.807) is 24.3 Å². The number of carbonyl (C=O) groups is 4. The SMILES string of the molecule is NC(N)=NCCCC1NC(=O)C(Cc2ccccc2)NC(=O)C(Cc2ccc(O)cc2)CCCCC(C(=O)O)NC1=O. The number of nitrogens with zero attached hydrogens (tertiary/aromatic N) is 1. The van der Waals surface area contributed by atoms with Gasteiger partial charge >= 0.3 is 5.97 Å². The van der Waals surface area contributed by atoms with E-state index < -0.39 is 41.8 Å². The number of hydrogen-bond acceptors (Lipinski definition) is 6. The fourth-order valence-corrected chi connectivity index (χ4v) is 4.90. The lowest BCUT2D eigenvalue weighted by atomic mass is 9.91. The van der Waals surface area contributed by atoms with Crippen LogP contribution in [0.5, 0.6) is 5.75 Å². The van der Waals surface area contributed by atoms with Gasteiger partial charge in [-0.3, -0.25) is 19.4 Å². The zero-order valence-electron chi connectivity index (χ0n) is 23.5. The normalized spacial score (nSPS) is 22.1. The average Bonchev–Trinajstić information content (AvgIpc) is 2.95. The lowest BCUT2D eigenvalue weighted by Gasteiger charge is -2.27. The Morgan fingerprint density at radius 2 is 1.43 bits per heavy atom. The van der Waals surface area contributed by atoms with Crippen LogP contribution in [0, 0.1) is 5.92 Å². The van der Waals surface area contributed by atoms with Crippen LogP contribution >= 0.6 is 0 Å². The molecule has 12 nitrogen and oxygen atoms in total. The van der Waals surface area contributed by atoms with Gasteiger partial charge in [-0.25, -0.2) is 4.79 Å². The molecule has 0 aromatic heterocycles. The van der Waals surface area contributed by atoms with Gasteiger partial charge in [-0.15, -0.1) is 0 Å². The maximum Gasteiger partial charge on any atom is 0.326 e. The van der Waals surface area contributed by atoms with E-state index in [-0.39, 0.29) is 43.4 Å². The van der Waals surface area contributed by atoms with E-state index in [9.17, 15) is 29.4 Å². The first-order valence-electron chi connectivity index (χ1n) is 14.1. The number of rotatable bonds is 9. The first-order valence-corrected chi connectivity index (χ1v) is 14.1. The number of aromatic hydroxyl groups is 1. The smallest absolute Gasteiger partial charge is 0.326 e. The minimum absolute atomic E-state index is 0.104. The molecule has 0 aliphatic carbocycles. The van der Waals surface area contributed by atoms with Crippen molar-refractivity contribution in [3.05, 3.63) is 65.7 Å². The van der Waals surface area contributed by atoms with Crippen LogP contribution in [0.15, 0.2) is 59.6 Å². The van der Waals surface area contributed by atoms with E-state index >= 15 is 0 Å². The molecular weight excluding hydrogens is 540 g/mol. The van der Waals surface area contributed by atoms with Crippen molar-refractivity contribution < 1.29 is 29.4 Å². The number of aliphatic carboxylic acids is 1. The second-order valence-corrected chi connectivity index (χ2v) is 10.5. The van der Waals surface area contributed by atoms with Crippen LogP contribution in [-0.2, 0) is 32.0 Å². The maximum atomic E-state index is 13.6. The van der Waals surface area contributed by atoms with Crippen LogP contribution in [0.1, 0.15) is 49.7 Å². The predicted molar refractivity (Wildman–Crippen MR) is 157 cm³/mol. The Balaban J connectivity index is 1.90. The molecule has 3 rings (SSSR count). The number of nitrogens with one attached hydrogen (secondary N) is 3. The van der Waals surface area contributed by atoms with Crippen molar-refractivity contribution in [2.24, 2.45) is 22.4 Å². The summed E-state index contributed by atoms with van der Waals surface area (Å²) in [6.07, 6.45) is 2.66. The number of hydrogen-bond donors (Lipinski definition) is 7. The molecule has 12 heteroatoms. The number of carboxylic acid groups (broad SMARTS) is 1. The highest BCUT2D eigenvalue weighted by atomic mass is 16.4. The highest BCUT2D eigenvalue weighted by Gasteiger charge is 2.31. The minimum Gasteiger partial charge on any atom is -0.508 e. The van der Waals surface area contributed by atoms with Gasteiger partial charge in [-0.1, -0.05) is 55.3 Å². The minimum atomic E-state index is -1.18. The molecule has 42 heavy (non-hydrogen) atoms. The molecule has 9 N–H and O–H groups in total. The van der Waals surface area contributed by atoms with Gasteiger partial charge in [0, 0.05) is 18.9 Å². The molecule has 2 aromatic carbocycles. The van der Waals surface area contributed by atoms with E-state index in [1.165, 1.54) is 0 Å². The first kappa shape index (κ1) is 31.9. The molecule has 1 aliphatic rings. The van der Waals surface area contributed by atoms with Crippen molar-refractivity contribution in [3.8, 4) is 5.75 Å². The Bertz CT molecular complexity index is 1230. The molecule has 2 aromatic rings. The fourth-order valence-electron chi connectivity index (χ4n) is 4.90. The van der Waals surface area contributed by atoms with Crippen LogP contribution in [0.3, 0.4) is 0 Å². The Kier molecular flexibility index (Phi) is 12.1. The van der Waals surface area contributed by atoms with Crippen LogP contribution in [0.4, 0.5) is 0 Å². The predicted octanol–water partition coefficient (Wildman–Crippen LogP) is 0.960. The van der Waals surface area contributed by atoms with E-state index in [2.05, 4.69) is 20.9 Å². The fraction of sp³-hybridized carbons (Fsp3) is 0.433. The van der Waals surface area contributed by atoms with Gasteiger partial charge in [0.15, 0.2) is 5.96 Å². The Labute approximate surface area is 245 Å². The number of aliphatic imine (C=N–C) groups is 1. The highest BCUT2D eigenvalue weighted by molar-refractivity contribution is 5.94. The summed E-state index contributed by atoms with van der Waals surface area (Å²) >= 11 is 0. The van der Waals surface area contributed by atoms with E-state index in [4.69, 9.17) is 11.5 Å². The van der Waals surface area contributed by atoms with Crippen LogP contribution in [0.2, 0.25) is 0 Å². The molecular formula is C30H40N6O6. The third-order valence-corrected chi connectivity index (χ3v) is 7.19. The van der Waals surface area contributed by atoms with Crippen LogP contribution < -0.4 is 27.4 Å². The number of carbonyl (C=O) groups excluding carboxylic acids is 3. The summed E-state index contributed by atoms with van der Waals surface area (Å²) < 4.78 is 0. The second-order valence-electron chi connectivity index (χ2n) is 10.5. The summed E-state index contributed by atoms with van der Waals surface area (Å²) in [7, 11) is 0. The lowest BCUT2D eigenvalue weighted by Crippen LogP contribution is -2.57. The topological polar surface area (TPSA) is 209 Å². The average molecular weight is 581 g/mol. The third kappa shape index (κ3) is 10.4. The van der Waals surface area contributed by atoms with Gasteiger partial charge in [0.25, 0.3) is 0 Å². The van der Waals surface area contributed by atoms with Crippen molar-refractivity contribution in [2.75, 3.05) is 6.54 Å². The number of benzene rings is 2. The van der Waals surface area contributed by atoms with Crippen molar-refractivity contribution in [2.45, 2.75) is 69.5 Å². The number of carboxylic acids is 1. The molecule has 3 amide bonds. The van der Waals surface area contributed by atoms with Gasteiger partial charge in [0.1, 0.15) is 23.9 Å². The van der Waals surface area contributed by atoms with Gasteiger partial charge in [0.05, 0.1) is 0 Å². The van der Waals surface area contributed by atoms with Gasteiger partial charge in [-0.05, 0) is 55.4 Å². The molecule has 1 saturated heterocycles. The number of phenols is 1.